The van der Waals surface area contributed by atoms with E-state index < -0.39 is 27.1 Å². The number of amides is 1. The third-order valence-electron chi connectivity index (χ3n) is 6.02. The number of non-ortho nitro benzene ring substituents is 1. The Kier molecular flexibility index (Phi) is 10.5. The summed E-state index contributed by atoms with van der Waals surface area (Å²) in [4.78, 5) is 26.0. The zero-order valence-electron chi connectivity index (χ0n) is 22.2. The SMILES string of the molecule is CC(C)CN(CCC(Cc1ccc(OCc2ccccn2)cc1)N(O)C(=O)O)S(=O)(=O)c1ccc([N+](=O)[O-])cc1. The predicted molar refractivity (Wildman–Crippen MR) is 145 cm³/mol. The molecule has 1 atom stereocenters. The topological polar surface area (TPSA) is 163 Å². The van der Waals surface area contributed by atoms with Gasteiger partial charge in [-0.25, -0.2) is 13.2 Å². The van der Waals surface area contributed by atoms with Crippen LogP contribution in [0.15, 0.2) is 77.8 Å². The van der Waals surface area contributed by atoms with E-state index in [9.17, 15) is 33.6 Å². The zero-order chi connectivity index (χ0) is 29.3. The van der Waals surface area contributed by atoms with Crippen LogP contribution in [0.25, 0.3) is 0 Å². The summed E-state index contributed by atoms with van der Waals surface area (Å²) in [5, 5.41) is 30.9. The van der Waals surface area contributed by atoms with E-state index >= 15 is 0 Å². The second-order valence-electron chi connectivity index (χ2n) is 9.54. The molecule has 1 aromatic heterocycles. The van der Waals surface area contributed by atoms with Gasteiger partial charge in [-0.15, -0.1) is 0 Å². The van der Waals surface area contributed by atoms with Gasteiger partial charge in [0.15, 0.2) is 0 Å². The van der Waals surface area contributed by atoms with Crippen molar-refractivity contribution in [1.29, 1.82) is 0 Å². The van der Waals surface area contributed by atoms with E-state index in [0.717, 1.165) is 17.8 Å². The fourth-order valence-corrected chi connectivity index (χ4v) is 5.62. The molecule has 40 heavy (non-hydrogen) atoms. The van der Waals surface area contributed by atoms with E-state index in [0.29, 0.717) is 11.3 Å². The van der Waals surface area contributed by atoms with Gasteiger partial charge in [0.1, 0.15) is 12.4 Å². The molecular weight excluding hydrogens is 540 g/mol. The number of rotatable bonds is 14. The number of nitro groups is 1. The lowest BCUT2D eigenvalue weighted by Gasteiger charge is -2.28. The first kappa shape index (κ1) is 30.5. The molecule has 0 aliphatic carbocycles. The number of carboxylic acid groups (broad SMARTS) is 1. The van der Waals surface area contributed by atoms with Crippen molar-refractivity contribution in [3.8, 4) is 5.75 Å². The largest absolute Gasteiger partial charge is 0.487 e. The van der Waals surface area contributed by atoms with Gasteiger partial charge in [-0.3, -0.25) is 20.3 Å². The average Bonchev–Trinajstić information content (AvgIpc) is 2.94. The van der Waals surface area contributed by atoms with E-state index in [2.05, 4.69) is 4.98 Å². The number of hydrogen-bond donors (Lipinski definition) is 2. The Hall–Kier alpha value is -4.07. The van der Waals surface area contributed by atoms with E-state index in [1.54, 1.807) is 30.5 Å². The van der Waals surface area contributed by atoms with Gasteiger partial charge < -0.3 is 9.84 Å². The lowest BCUT2D eigenvalue weighted by Crippen LogP contribution is -2.42. The van der Waals surface area contributed by atoms with Crippen LogP contribution in [0.4, 0.5) is 10.5 Å². The third kappa shape index (κ3) is 8.46. The van der Waals surface area contributed by atoms with E-state index in [1.807, 2.05) is 32.0 Å². The molecule has 0 spiro atoms. The Morgan fingerprint density at radius 2 is 1.75 bits per heavy atom. The third-order valence-corrected chi connectivity index (χ3v) is 7.89. The maximum Gasteiger partial charge on any atom is 0.431 e. The van der Waals surface area contributed by atoms with Crippen LogP contribution in [0.2, 0.25) is 0 Å². The van der Waals surface area contributed by atoms with Crippen LogP contribution < -0.4 is 4.74 Å². The van der Waals surface area contributed by atoms with E-state index in [1.165, 1.54) is 16.4 Å². The number of sulfonamides is 1. The highest BCUT2D eigenvalue weighted by atomic mass is 32.2. The standard InChI is InChI=1S/C27H32N4O8S/c1-20(2)18-29(40(37,38)26-12-8-23(9-13-26)31(35)36)16-14-24(30(34)27(32)33)17-21-6-10-25(11-7-21)39-19-22-5-3-4-15-28-22/h3-13,15,20,24,34H,14,16-19H2,1-2H3,(H,32,33). The van der Waals surface area contributed by atoms with E-state index in [4.69, 9.17) is 4.74 Å². The van der Waals surface area contributed by atoms with Crippen LogP contribution in [0, 0.1) is 16.0 Å². The van der Waals surface area contributed by atoms with Crippen molar-refractivity contribution in [3.63, 3.8) is 0 Å². The zero-order valence-corrected chi connectivity index (χ0v) is 23.0. The molecule has 0 aliphatic heterocycles. The Morgan fingerprint density at radius 1 is 1.07 bits per heavy atom. The summed E-state index contributed by atoms with van der Waals surface area (Å²) in [5.74, 6) is 0.525. The molecule has 3 aromatic rings. The number of pyridine rings is 1. The lowest BCUT2D eigenvalue weighted by molar-refractivity contribution is -0.384. The molecule has 0 aliphatic rings. The van der Waals surface area contributed by atoms with Crippen LogP contribution in [-0.2, 0) is 23.1 Å². The molecule has 1 unspecified atom stereocenters. The van der Waals surface area contributed by atoms with Crippen LogP contribution in [0.5, 0.6) is 5.75 Å². The quantitative estimate of drug-likeness (QED) is 0.160. The van der Waals surface area contributed by atoms with Gasteiger partial charge in [-0.2, -0.15) is 9.37 Å². The van der Waals surface area contributed by atoms with Crippen molar-refractivity contribution in [2.75, 3.05) is 13.1 Å². The molecule has 214 valence electrons. The first-order chi connectivity index (χ1) is 19.0. The number of benzene rings is 2. The molecule has 0 bridgehead atoms. The minimum absolute atomic E-state index is 0.000338. The number of hydroxylamine groups is 2. The van der Waals surface area contributed by atoms with Crippen molar-refractivity contribution < 1.29 is 33.2 Å². The molecule has 0 saturated carbocycles. The summed E-state index contributed by atoms with van der Waals surface area (Å²) in [5.41, 5.74) is 1.24. The summed E-state index contributed by atoms with van der Waals surface area (Å²) in [6.07, 6.45) is 0.231. The molecule has 2 N–H and O–H groups in total. The van der Waals surface area contributed by atoms with Crippen molar-refractivity contribution in [3.05, 3.63) is 94.3 Å². The Balaban J connectivity index is 1.73. The van der Waals surface area contributed by atoms with Crippen LogP contribution in [0.1, 0.15) is 31.5 Å². The Bertz CT molecular complexity index is 1370. The van der Waals surface area contributed by atoms with Gasteiger partial charge in [0, 0.05) is 31.4 Å². The molecule has 1 heterocycles. The van der Waals surface area contributed by atoms with Gasteiger partial charge in [0.25, 0.3) is 5.69 Å². The predicted octanol–water partition coefficient (Wildman–Crippen LogP) is 4.59. The molecule has 2 aromatic carbocycles. The fourth-order valence-electron chi connectivity index (χ4n) is 4.00. The second-order valence-corrected chi connectivity index (χ2v) is 11.5. The van der Waals surface area contributed by atoms with Crippen LogP contribution >= 0.6 is 0 Å². The smallest absolute Gasteiger partial charge is 0.431 e. The van der Waals surface area contributed by atoms with Gasteiger partial charge in [0.05, 0.1) is 21.6 Å². The minimum atomic E-state index is -4.05. The second kappa shape index (κ2) is 13.8. The lowest BCUT2D eigenvalue weighted by atomic mass is 10.0. The molecule has 12 nitrogen and oxygen atoms in total. The summed E-state index contributed by atoms with van der Waals surface area (Å²) in [6, 6.07) is 16.1. The molecule has 1 amide bonds. The Labute approximate surface area is 232 Å². The molecule has 0 fully saturated rings. The Morgan fingerprint density at radius 3 is 2.30 bits per heavy atom. The maximum absolute atomic E-state index is 13.4. The van der Waals surface area contributed by atoms with Crippen molar-refractivity contribution in [2.45, 2.75) is 44.2 Å². The first-order valence-corrected chi connectivity index (χ1v) is 14.0. The fraction of sp³-hybridized carbons (Fsp3) is 0.333. The van der Waals surface area contributed by atoms with E-state index in [-0.39, 0.29) is 54.1 Å². The molecule has 13 heteroatoms. The highest BCUT2D eigenvalue weighted by Gasteiger charge is 2.29. The number of hydrogen-bond acceptors (Lipinski definition) is 8. The summed E-state index contributed by atoms with van der Waals surface area (Å²) < 4.78 is 33.7. The van der Waals surface area contributed by atoms with Gasteiger partial charge in [-0.05, 0) is 60.7 Å². The number of ether oxygens (including phenoxy) is 1. The van der Waals surface area contributed by atoms with Crippen molar-refractivity contribution >= 4 is 21.8 Å². The van der Waals surface area contributed by atoms with Gasteiger partial charge in [0.2, 0.25) is 10.0 Å². The van der Waals surface area contributed by atoms with Gasteiger partial charge in [-0.1, -0.05) is 32.0 Å². The molecule has 0 radical (unpaired) electrons. The maximum atomic E-state index is 13.4. The molecule has 3 rings (SSSR count). The molecule has 0 saturated heterocycles. The van der Waals surface area contributed by atoms with Crippen LogP contribution in [-0.4, -0.2) is 63.2 Å². The van der Waals surface area contributed by atoms with Gasteiger partial charge >= 0.3 is 6.09 Å². The highest BCUT2D eigenvalue weighted by Crippen LogP contribution is 2.23. The van der Waals surface area contributed by atoms with Crippen LogP contribution in [0.3, 0.4) is 0 Å². The summed E-state index contributed by atoms with van der Waals surface area (Å²) in [7, 11) is -4.05. The number of aromatic nitrogens is 1. The molecular formula is C27H32N4O8S. The van der Waals surface area contributed by atoms with Crippen molar-refractivity contribution in [1.82, 2.24) is 14.4 Å². The van der Waals surface area contributed by atoms with Crippen molar-refractivity contribution in [2.24, 2.45) is 5.92 Å². The normalized spacial score (nSPS) is 12.3. The average molecular weight is 573 g/mol. The summed E-state index contributed by atoms with van der Waals surface area (Å²) >= 11 is 0. The number of nitrogens with zero attached hydrogens (tertiary/aromatic N) is 4. The monoisotopic (exact) mass is 572 g/mol. The minimum Gasteiger partial charge on any atom is -0.487 e. The summed E-state index contributed by atoms with van der Waals surface area (Å²) in [6.45, 7) is 4.00. The highest BCUT2D eigenvalue weighted by molar-refractivity contribution is 7.89. The number of nitro benzene ring substituents is 1. The number of carbonyl (C=O) groups is 1. The first-order valence-electron chi connectivity index (χ1n) is 12.5.